The molecule has 0 aliphatic rings. The lowest BCUT2D eigenvalue weighted by Gasteiger charge is -2.24. The van der Waals surface area contributed by atoms with E-state index in [9.17, 15) is 4.79 Å². The molecule has 1 rings (SSSR count). The van der Waals surface area contributed by atoms with Crippen LogP contribution in [0, 0.1) is 0 Å². The molecule has 1 N–H and O–H groups in total. The summed E-state index contributed by atoms with van der Waals surface area (Å²) in [5.41, 5.74) is 0. The Bertz CT molecular complexity index is 411. The van der Waals surface area contributed by atoms with Crippen LogP contribution in [-0.2, 0) is 11.3 Å². The Morgan fingerprint density at radius 3 is 2.75 bits per heavy atom. The number of hydrogen-bond acceptors (Lipinski definition) is 4. The molecule has 1 heterocycles. The normalized spacial score (nSPS) is 11.1. The number of nitrogens with zero attached hydrogens (tertiary/aromatic N) is 2. The van der Waals surface area contributed by atoms with Crippen molar-refractivity contribution in [2.45, 2.75) is 19.9 Å². The summed E-state index contributed by atoms with van der Waals surface area (Å²) in [6, 6.07) is 4.10. The molecule has 0 bridgehead atoms. The maximum Gasteiger partial charge on any atom is 0.237 e. The van der Waals surface area contributed by atoms with Crippen molar-refractivity contribution in [2.24, 2.45) is 0 Å². The quantitative estimate of drug-likeness (QED) is 0.686. The molecule has 0 unspecified atom stereocenters. The van der Waals surface area contributed by atoms with Crippen LogP contribution in [0.1, 0.15) is 18.2 Å². The smallest absolute Gasteiger partial charge is 0.237 e. The first-order valence-corrected chi connectivity index (χ1v) is 8.53. The zero-order chi connectivity index (χ0) is 15.0. The predicted octanol–water partition coefficient (Wildman–Crippen LogP) is 2.40. The molecule has 0 aromatic carbocycles. The van der Waals surface area contributed by atoms with E-state index in [-0.39, 0.29) is 5.91 Å². The zero-order valence-corrected chi connectivity index (χ0v) is 14.9. The Balaban J connectivity index is 2.42. The van der Waals surface area contributed by atoms with Gasteiger partial charge in [0.25, 0.3) is 0 Å². The Hall–Kier alpha value is -0.430. The van der Waals surface area contributed by atoms with Gasteiger partial charge in [0.05, 0.1) is 16.9 Å². The SMILES string of the molecule is CCN(Cc1ccc(Br)s1)C(=O)CN(C)CCCNC. The van der Waals surface area contributed by atoms with Crippen LogP contribution in [-0.4, -0.2) is 56.0 Å². The van der Waals surface area contributed by atoms with Crippen LogP contribution in [0.4, 0.5) is 0 Å². The molecule has 0 aliphatic carbocycles. The van der Waals surface area contributed by atoms with E-state index in [1.165, 1.54) is 4.88 Å². The minimum Gasteiger partial charge on any atom is -0.337 e. The van der Waals surface area contributed by atoms with E-state index in [1.807, 2.05) is 32.0 Å². The fraction of sp³-hybridized carbons (Fsp3) is 0.643. The summed E-state index contributed by atoms with van der Waals surface area (Å²) in [5, 5.41) is 3.12. The van der Waals surface area contributed by atoms with Crippen LogP contribution in [0.15, 0.2) is 15.9 Å². The molecule has 20 heavy (non-hydrogen) atoms. The van der Waals surface area contributed by atoms with Crippen molar-refractivity contribution >= 4 is 33.2 Å². The number of likely N-dealkylation sites (N-methyl/N-ethyl adjacent to an activating group) is 2. The third-order valence-corrected chi connectivity index (χ3v) is 4.69. The molecule has 4 nitrogen and oxygen atoms in total. The van der Waals surface area contributed by atoms with Gasteiger partial charge in [0.1, 0.15) is 0 Å². The van der Waals surface area contributed by atoms with Gasteiger partial charge in [0.15, 0.2) is 0 Å². The van der Waals surface area contributed by atoms with Gasteiger partial charge in [0, 0.05) is 11.4 Å². The average molecular weight is 362 g/mol. The van der Waals surface area contributed by atoms with Crippen LogP contribution < -0.4 is 5.32 Å². The topological polar surface area (TPSA) is 35.6 Å². The number of thiophene rings is 1. The molecular formula is C14H24BrN3OS. The van der Waals surface area contributed by atoms with Gasteiger partial charge in [-0.15, -0.1) is 11.3 Å². The molecule has 6 heteroatoms. The van der Waals surface area contributed by atoms with Crippen molar-refractivity contribution in [3.8, 4) is 0 Å². The molecule has 1 aromatic heterocycles. The Kier molecular flexibility index (Phi) is 8.37. The molecule has 0 radical (unpaired) electrons. The van der Waals surface area contributed by atoms with E-state index in [1.54, 1.807) is 11.3 Å². The van der Waals surface area contributed by atoms with Crippen LogP contribution >= 0.6 is 27.3 Å². The van der Waals surface area contributed by atoms with Gasteiger partial charge in [0.2, 0.25) is 5.91 Å². The second-order valence-corrected chi connectivity index (χ2v) is 7.36. The molecule has 0 saturated heterocycles. The minimum atomic E-state index is 0.198. The highest BCUT2D eigenvalue weighted by molar-refractivity contribution is 9.11. The summed E-state index contributed by atoms with van der Waals surface area (Å²) >= 11 is 5.14. The van der Waals surface area contributed by atoms with Crippen LogP contribution in [0.5, 0.6) is 0 Å². The minimum absolute atomic E-state index is 0.198. The largest absolute Gasteiger partial charge is 0.337 e. The standard InChI is InChI=1S/C14H24BrN3OS/c1-4-18(10-12-6-7-13(15)20-12)14(19)11-17(3)9-5-8-16-2/h6-7,16H,4-5,8-11H2,1-3H3. The summed E-state index contributed by atoms with van der Waals surface area (Å²) in [6.07, 6.45) is 1.06. The summed E-state index contributed by atoms with van der Waals surface area (Å²) in [4.78, 5) is 17.5. The number of amides is 1. The van der Waals surface area contributed by atoms with Gasteiger partial charge in [-0.2, -0.15) is 0 Å². The number of hydrogen-bond donors (Lipinski definition) is 1. The first-order chi connectivity index (χ1) is 9.56. The first kappa shape index (κ1) is 17.6. The third-order valence-electron chi connectivity index (χ3n) is 3.08. The summed E-state index contributed by atoms with van der Waals surface area (Å²) in [7, 11) is 3.95. The maximum absolute atomic E-state index is 12.3. The number of halogens is 1. The zero-order valence-electron chi connectivity index (χ0n) is 12.5. The van der Waals surface area contributed by atoms with E-state index in [0.717, 1.165) is 29.8 Å². The highest BCUT2D eigenvalue weighted by Crippen LogP contribution is 2.23. The van der Waals surface area contributed by atoms with Crippen molar-refractivity contribution in [2.75, 3.05) is 40.3 Å². The van der Waals surface area contributed by atoms with E-state index >= 15 is 0 Å². The summed E-state index contributed by atoms with van der Waals surface area (Å²) in [5.74, 6) is 0.198. The predicted molar refractivity (Wildman–Crippen MR) is 89.2 cm³/mol. The molecule has 0 saturated carbocycles. The van der Waals surface area contributed by atoms with Gasteiger partial charge in [-0.05, 0) is 68.6 Å². The Morgan fingerprint density at radius 2 is 2.20 bits per heavy atom. The highest BCUT2D eigenvalue weighted by atomic mass is 79.9. The molecule has 1 amide bonds. The van der Waals surface area contributed by atoms with E-state index in [0.29, 0.717) is 13.1 Å². The van der Waals surface area contributed by atoms with Crippen LogP contribution in [0.2, 0.25) is 0 Å². The molecule has 114 valence electrons. The van der Waals surface area contributed by atoms with Crippen molar-refractivity contribution in [3.05, 3.63) is 20.8 Å². The lowest BCUT2D eigenvalue weighted by atomic mass is 10.3. The number of carbonyl (C=O) groups is 1. The van der Waals surface area contributed by atoms with E-state index in [4.69, 9.17) is 0 Å². The molecule has 0 aliphatic heterocycles. The van der Waals surface area contributed by atoms with E-state index in [2.05, 4.69) is 32.2 Å². The second-order valence-electron chi connectivity index (χ2n) is 4.81. The van der Waals surface area contributed by atoms with Crippen LogP contribution in [0.25, 0.3) is 0 Å². The fourth-order valence-electron chi connectivity index (χ4n) is 1.94. The van der Waals surface area contributed by atoms with Crippen molar-refractivity contribution < 1.29 is 4.79 Å². The lowest BCUT2D eigenvalue weighted by molar-refractivity contribution is -0.132. The second kappa shape index (κ2) is 9.50. The molecule has 0 atom stereocenters. The first-order valence-electron chi connectivity index (χ1n) is 6.92. The van der Waals surface area contributed by atoms with Crippen molar-refractivity contribution in [3.63, 3.8) is 0 Å². The molecular weight excluding hydrogens is 338 g/mol. The number of carbonyl (C=O) groups excluding carboxylic acids is 1. The molecule has 0 spiro atoms. The van der Waals surface area contributed by atoms with Gasteiger partial charge >= 0.3 is 0 Å². The van der Waals surface area contributed by atoms with Gasteiger partial charge in [-0.25, -0.2) is 0 Å². The monoisotopic (exact) mass is 361 g/mol. The number of rotatable bonds is 9. The summed E-state index contributed by atoms with van der Waals surface area (Å²) in [6.45, 7) is 5.90. The van der Waals surface area contributed by atoms with Gasteiger partial charge in [-0.1, -0.05) is 0 Å². The summed E-state index contributed by atoms with van der Waals surface area (Å²) < 4.78 is 1.11. The van der Waals surface area contributed by atoms with Crippen molar-refractivity contribution in [1.29, 1.82) is 0 Å². The molecule has 0 fully saturated rings. The maximum atomic E-state index is 12.3. The fourth-order valence-corrected chi connectivity index (χ4v) is 3.44. The Labute approximate surface area is 134 Å². The lowest BCUT2D eigenvalue weighted by Crippen LogP contribution is -2.39. The number of nitrogens with one attached hydrogen (secondary N) is 1. The van der Waals surface area contributed by atoms with Crippen LogP contribution in [0.3, 0.4) is 0 Å². The average Bonchev–Trinajstić information content (AvgIpc) is 2.81. The Morgan fingerprint density at radius 1 is 1.45 bits per heavy atom. The van der Waals surface area contributed by atoms with Crippen molar-refractivity contribution in [1.82, 2.24) is 15.1 Å². The van der Waals surface area contributed by atoms with Gasteiger partial charge in [-0.3, -0.25) is 9.69 Å². The highest BCUT2D eigenvalue weighted by Gasteiger charge is 2.15. The molecule has 1 aromatic rings. The van der Waals surface area contributed by atoms with E-state index < -0.39 is 0 Å². The van der Waals surface area contributed by atoms with Gasteiger partial charge < -0.3 is 10.2 Å². The third kappa shape index (κ3) is 6.35.